The average Bonchev–Trinajstić information content (AvgIpc) is 2.15. The third-order valence-corrected chi connectivity index (χ3v) is 2.83. The zero-order valence-corrected chi connectivity index (χ0v) is 8.38. The number of hydrogen-bond donors (Lipinski definition) is 1. The summed E-state index contributed by atoms with van der Waals surface area (Å²) in [5.74, 6) is -0.239. The Kier molecular flexibility index (Phi) is 3.83. The van der Waals surface area contributed by atoms with Gasteiger partial charge in [-0.1, -0.05) is 30.3 Å². The first kappa shape index (κ1) is 10.1. The molecule has 2 N–H and O–H groups in total. The molecular formula is C10H13NOS. The Morgan fingerprint density at radius 2 is 2.08 bits per heavy atom. The van der Waals surface area contributed by atoms with Crippen molar-refractivity contribution in [2.24, 2.45) is 5.73 Å². The summed E-state index contributed by atoms with van der Waals surface area (Å²) in [6, 6.07) is 9.90. The maximum Gasteiger partial charge on any atom is 0.230 e. The average molecular weight is 195 g/mol. The van der Waals surface area contributed by atoms with Crippen molar-refractivity contribution in [2.75, 3.05) is 6.26 Å². The second-order valence-electron chi connectivity index (χ2n) is 2.82. The smallest absolute Gasteiger partial charge is 0.230 e. The van der Waals surface area contributed by atoms with Crippen LogP contribution in [0.2, 0.25) is 0 Å². The van der Waals surface area contributed by atoms with Crippen molar-refractivity contribution in [1.82, 2.24) is 0 Å². The molecule has 0 aromatic heterocycles. The van der Waals surface area contributed by atoms with Gasteiger partial charge in [-0.2, -0.15) is 11.8 Å². The van der Waals surface area contributed by atoms with E-state index in [4.69, 9.17) is 5.73 Å². The van der Waals surface area contributed by atoms with Crippen molar-refractivity contribution in [3.05, 3.63) is 35.9 Å². The minimum absolute atomic E-state index is 0.109. The quantitative estimate of drug-likeness (QED) is 0.790. The standard InChI is InChI=1S/C10H13NOS/c1-13-9(10(11)12)7-8-5-3-2-4-6-8/h2-6,9H,7H2,1H3,(H2,11,12). The van der Waals surface area contributed by atoms with Crippen molar-refractivity contribution < 1.29 is 4.79 Å². The highest BCUT2D eigenvalue weighted by Crippen LogP contribution is 2.12. The topological polar surface area (TPSA) is 43.1 Å². The first-order valence-corrected chi connectivity index (χ1v) is 5.39. The van der Waals surface area contributed by atoms with E-state index in [1.54, 1.807) is 0 Å². The molecule has 1 rings (SSSR count). The molecule has 1 unspecified atom stereocenters. The van der Waals surface area contributed by atoms with E-state index in [-0.39, 0.29) is 11.2 Å². The van der Waals surface area contributed by atoms with Gasteiger partial charge in [-0.25, -0.2) is 0 Å². The summed E-state index contributed by atoms with van der Waals surface area (Å²) in [7, 11) is 0. The molecule has 0 radical (unpaired) electrons. The molecule has 0 bridgehead atoms. The third-order valence-electron chi connectivity index (χ3n) is 1.87. The summed E-state index contributed by atoms with van der Waals surface area (Å²) in [4.78, 5) is 10.9. The van der Waals surface area contributed by atoms with Crippen LogP contribution in [0.4, 0.5) is 0 Å². The second-order valence-corrected chi connectivity index (χ2v) is 3.86. The molecule has 0 saturated heterocycles. The highest BCUT2D eigenvalue weighted by molar-refractivity contribution is 7.99. The summed E-state index contributed by atoms with van der Waals surface area (Å²) in [5, 5.41) is -0.109. The van der Waals surface area contributed by atoms with Crippen molar-refractivity contribution in [1.29, 1.82) is 0 Å². The van der Waals surface area contributed by atoms with Gasteiger partial charge in [-0.15, -0.1) is 0 Å². The Hall–Kier alpha value is -0.960. The van der Waals surface area contributed by atoms with Crippen LogP contribution in [0.15, 0.2) is 30.3 Å². The molecule has 70 valence electrons. The number of carbonyl (C=O) groups is 1. The van der Waals surface area contributed by atoms with E-state index in [0.717, 1.165) is 12.0 Å². The van der Waals surface area contributed by atoms with Crippen molar-refractivity contribution in [3.8, 4) is 0 Å². The van der Waals surface area contributed by atoms with Crippen LogP contribution < -0.4 is 5.73 Å². The largest absolute Gasteiger partial charge is 0.369 e. The van der Waals surface area contributed by atoms with Crippen LogP contribution in [0.1, 0.15) is 5.56 Å². The molecule has 2 nitrogen and oxygen atoms in total. The zero-order valence-electron chi connectivity index (χ0n) is 7.57. The molecule has 0 saturated carbocycles. The van der Waals surface area contributed by atoms with Crippen LogP contribution >= 0.6 is 11.8 Å². The van der Waals surface area contributed by atoms with Gasteiger partial charge < -0.3 is 5.73 Å². The Balaban J connectivity index is 2.62. The Bertz CT molecular complexity index is 274. The van der Waals surface area contributed by atoms with E-state index in [9.17, 15) is 4.79 Å². The number of benzene rings is 1. The van der Waals surface area contributed by atoms with Crippen molar-refractivity contribution in [2.45, 2.75) is 11.7 Å². The molecule has 0 spiro atoms. The van der Waals surface area contributed by atoms with Gasteiger partial charge in [-0.3, -0.25) is 4.79 Å². The van der Waals surface area contributed by atoms with E-state index < -0.39 is 0 Å². The molecular weight excluding hydrogens is 182 g/mol. The van der Waals surface area contributed by atoms with Gasteiger partial charge in [0.15, 0.2) is 0 Å². The van der Waals surface area contributed by atoms with E-state index in [1.807, 2.05) is 36.6 Å². The summed E-state index contributed by atoms with van der Waals surface area (Å²) >= 11 is 1.50. The number of carbonyl (C=O) groups excluding carboxylic acids is 1. The SMILES string of the molecule is CSC(Cc1ccccc1)C(N)=O. The third kappa shape index (κ3) is 3.11. The van der Waals surface area contributed by atoms with Gasteiger partial charge in [0.2, 0.25) is 5.91 Å². The van der Waals surface area contributed by atoms with Gasteiger partial charge in [0.05, 0.1) is 5.25 Å². The summed E-state index contributed by atoms with van der Waals surface area (Å²) in [6.07, 6.45) is 2.62. The Morgan fingerprint density at radius 3 is 2.54 bits per heavy atom. The highest BCUT2D eigenvalue weighted by atomic mass is 32.2. The van der Waals surface area contributed by atoms with Gasteiger partial charge >= 0.3 is 0 Å². The predicted octanol–water partition coefficient (Wildman–Crippen LogP) is 1.45. The van der Waals surface area contributed by atoms with E-state index in [0.29, 0.717) is 0 Å². The van der Waals surface area contributed by atoms with Crippen LogP contribution in [-0.2, 0) is 11.2 Å². The van der Waals surface area contributed by atoms with E-state index in [2.05, 4.69) is 0 Å². The molecule has 13 heavy (non-hydrogen) atoms. The number of hydrogen-bond acceptors (Lipinski definition) is 2. The zero-order chi connectivity index (χ0) is 9.68. The molecule has 1 amide bonds. The van der Waals surface area contributed by atoms with Crippen LogP contribution in [0, 0.1) is 0 Å². The van der Waals surface area contributed by atoms with Gasteiger partial charge in [0.25, 0.3) is 0 Å². The molecule has 0 heterocycles. The Morgan fingerprint density at radius 1 is 1.46 bits per heavy atom. The van der Waals surface area contributed by atoms with Crippen LogP contribution in [-0.4, -0.2) is 17.4 Å². The lowest BCUT2D eigenvalue weighted by molar-refractivity contribution is -0.117. The Labute approximate surface area is 82.5 Å². The van der Waals surface area contributed by atoms with Crippen LogP contribution in [0.5, 0.6) is 0 Å². The molecule has 1 aromatic rings. The van der Waals surface area contributed by atoms with Gasteiger partial charge in [0, 0.05) is 0 Å². The minimum Gasteiger partial charge on any atom is -0.369 e. The van der Waals surface area contributed by atoms with Gasteiger partial charge in [-0.05, 0) is 18.2 Å². The molecule has 3 heteroatoms. The molecule has 1 atom stereocenters. The lowest BCUT2D eigenvalue weighted by Gasteiger charge is -2.09. The maximum absolute atomic E-state index is 10.9. The lowest BCUT2D eigenvalue weighted by atomic mass is 10.1. The van der Waals surface area contributed by atoms with E-state index in [1.165, 1.54) is 11.8 Å². The molecule has 0 fully saturated rings. The number of thioether (sulfide) groups is 1. The lowest BCUT2D eigenvalue weighted by Crippen LogP contribution is -2.27. The number of rotatable bonds is 4. The van der Waals surface area contributed by atoms with Crippen LogP contribution in [0.25, 0.3) is 0 Å². The second kappa shape index (κ2) is 4.92. The fourth-order valence-corrected chi connectivity index (χ4v) is 1.72. The first-order valence-electron chi connectivity index (χ1n) is 4.10. The molecule has 0 aliphatic heterocycles. The van der Waals surface area contributed by atoms with Crippen molar-refractivity contribution in [3.63, 3.8) is 0 Å². The number of primary amides is 1. The number of nitrogens with two attached hydrogens (primary N) is 1. The van der Waals surface area contributed by atoms with E-state index >= 15 is 0 Å². The predicted molar refractivity (Wildman–Crippen MR) is 56.6 cm³/mol. The summed E-state index contributed by atoms with van der Waals surface area (Å²) < 4.78 is 0. The molecule has 1 aromatic carbocycles. The van der Waals surface area contributed by atoms with Crippen LogP contribution in [0.3, 0.4) is 0 Å². The fourth-order valence-electron chi connectivity index (χ4n) is 1.13. The first-order chi connectivity index (χ1) is 6.24. The normalized spacial score (nSPS) is 12.4. The maximum atomic E-state index is 10.9. The summed E-state index contributed by atoms with van der Waals surface area (Å²) in [6.45, 7) is 0. The monoisotopic (exact) mass is 195 g/mol. The summed E-state index contributed by atoms with van der Waals surface area (Å²) in [5.41, 5.74) is 6.39. The molecule has 0 aliphatic carbocycles. The number of amides is 1. The minimum atomic E-state index is -0.239. The molecule has 0 aliphatic rings. The highest BCUT2D eigenvalue weighted by Gasteiger charge is 2.13. The fraction of sp³-hybridized carbons (Fsp3) is 0.300. The van der Waals surface area contributed by atoms with Crippen molar-refractivity contribution >= 4 is 17.7 Å². The van der Waals surface area contributed by atoms with Gasteiger partial charge in [0.1, 0.15) is 0 Å².